The first kappa shape index (κ1) is 14.1. The molecule has 1 heterocycles. The minimum atomic E-state index is -0.344. The number of carbonyl (C=O) groups is 2. The van der Waals surface area contributed by atoms with Crippen molar-refractivity contribution in [3.8, 4) is 0 Å². The summed E-state index contributed by atoms with van der Waals surface area (Å²) >= 11 is 0. The Morgan fingerprint density at radius 3 is 2.75 bits per heavy atom. The first-order valence-corrected chi connectivity index (χ1v) is 6.29. The van der Waals surface area contributed by atoms with E-state index in [-0.39, 0.29) is 12.1 Å². The van der Waals surface area contributed by atoms with Crippen LogP contribution in [0.1, 0.15) is 0 Å². The highest BCUT2D eigenvalue weighted by atomic mass is 16.6. The SMILES string of the molecule is COCCNC(=O)Nc1ccc(N2CCOC2=O)cc1. The smallest absolute Gasteiger partial charge is 0.414 e. The van der Waals surface area contributed by atoms with E-state index in [1.54, 1.807) is 36.3 Å². The molecule has 1 aromatic rings. The third-order valence-electron chi connectivity index (χ3n) is 2.79. The van der Waals surface area contributed by atoms with Gasteiger partial charge in [-0.2, -0.15) is 0 Å². The first-order valence-electron chi connectivity index (χ1n) is 6.29. The number of hydrogen-bond acceptors (Lipinski definition) is 4. The van der Waals surface area contributed by atoms with E-state index in [0.717, 1.165) is 5.69 Å². The number of nitrogens with one attached hydrogen (secondary N) is 2. The predicted molar refractivity (Wildman–Crippen MR) is 74.0 cm³/mol. The van der Waals surface area contributed by atoms with Crippen LogP contribution >= 0.6 is 0 Å². The molecule has 0 spiro atoms. The maximum Gasteiger partial charge on any atom is 0.414 e. The van der Waals surface area contributed by atoms with Crippen molar-refractivity contribution in [1.29, 1.82) is 0 Å². The van der Waals surface area contributed by atoms with Gasteiger partial charge in [0.05, 0.1) is 13.2 Å². The Hall–Kier alpha value is -2.28. The van der Waals surface area contributed by atoms with Crippen LogP contribution < -0.4 is 15.5 Å². The number of benzene rings is 1. The molecule has 0 aromatic heterocycles. The van der Waals surface area contributed by atoms with Gasteiger partial charge in [0.25, 0.3) is 0 Å². The minimum absolute atomic E-state index is 0.296. The second-order valence-corrected chi connectivity index (χ2v) is 4.19. The molecule has 3 amide bonds. The van der Waals surface area contributed by atoms with Crippen LogP contribution in [-0.4, -0.2) is 45.5 Å². The van der Waals surface area contributed by atoms with E-state index in [1.807, 2.05) is 0 Å². The molecule has 1 aliphatic rings. The summed E-state index contributed by atoms with van der Waals surface area (Å²) in [5.74, 6) is 0. The van der Waals surface area contributed by atoms with Crippen LogP contribution in [0.15, 0.2) is 24.3 Å². The predicted octanol–water partition coefficient (Wildman–Crippen LogP) is 1.41. The van der Waals surface area contributed by atoms with E-state index >= 15 is 0 Å². The Bertz CT molecular complexity index is 475. The molecule has 1 aromatic carbocycles. The lowest BCUT2D eigenvalue weighted by Gasteiger charge is -2.13. The second-order valence-electron chi connectivity index (χ2n) is 4.19. The highest BCUT2D eigenvalue weighted by molar-refractivity contribution is 5.91. The minimum Gasteiger partial charge on any atom is -0.447 e. The van der Waals surface area contributed by atoms with E-state index in [9.17, 15) is 9.59 Å². The average Bonchev–Trinajstić information content (AvgIpc) is 2.86. The summed E-state index contributed by atoms with van der Waals surface area (Å²) < 4.78 is 9.70. The third-order valence-corrected chi connectivity index (χ3v) is 2.79. The summed E-state index contributed by atoms with van der Waals surface area (Å²) in [6.07, 6.45) is -0.344. The Labute approximate surface area is 116 Å². The number of amides is 3. The zero-order chi connectivity index (χ0) is 14.4. The molecule has 0 unspecified atom stereocenters. The van der Waals surface area contributed by atoms with Gasteiger partial charge >= 0.3 is 12.1 Å². The number of ether oxygens (including phenoxy) is 2. The Balaban J connectivity index is 1.88. The lowest BCUT2D eigenvalue weighted by molar-refractivity contribution is 0.181. The van der Waals surface area contributed by atoms with Crippen LogP contribution in [0.3, 0.4) is 0 Å². The topological polar surface area (TPSA) is 79.9 Å². The number of carbonyl (C=O) groups excluding carboxylic acids is 2. The van der Waals surface area contributed by atoms with E-state index in [0.29, 0.717) is 32.0 Å². The van der Waals surface area contributed by atoms with Crippen molar-refractivity contribution in [2.24, 2.45) is 0 Å². The maximum atomic E-state index is 11.5. The summed E-state index contributed by atoms with van der Waals surface area (Å²) in [6, 6.07) is 6.69. The molecule has 1 saturated heterocycles. The molecular weight excluding hydrogens is 262 g/mol. The fourth-order valence-corrected chi connectivity index (χ4v) is 1.79. The van der Waals surface area contributed by atoms with Gasteiger partial charge in [0.15, 0.2) is 0 Å². The van der Waals surface area contributed by atoms with Crippen LogP contribution in [0.5, 0.6) is 0 Å². The van der Waals surface area contributed by atoms with Gasteiger partial charge in [-0.15, -0.1) is 0 Å². The molecule has 0 atom stereocenters. The molecule has 7 heteroatoms. The normalized spacial score (nSPS) is 14.1. The molecule has 7 nitrogen and oxygen atoms in total. The van der Waals surface area contributed by atoms with Crippen molar-refractivity contribution >= 4 is 23.5 Å². The van der Waals surface area contributed by atoms with Crippen molar-refractivity contribution in [2.75, 3.05) is 43.6 Å². The van der Waals surface area contributed by atoms with Gasteiger partial charge in [-0.3, -0.25) is 4.90 Å². The van der Waals surface area contributed by atoms with Crippen molar-refractivity contribution in [1.82, 2.24) is 5.32 Å². The molecule has 0 bridgehead atoms. The van der Waals surface area contributed by atoms with Gasteiger partial charge in [-0.25, -0.2) is 9.59 Å². The highest BCUT2D eigenvalue weighted by Crippen LogP contribution is 2.20. The van der Waals surface area contributed by atoms with Crippen LogP contribution in [-0.2, 0) is 9.47 Å². The molecule has 2 rings (SSSR count). The number of methoxy groups -OCH3 is 1. The van der Waals surface area contributed by atoms with Crippen LogP contribution in [0, 0.1) is 0 Å². The fraction of sp³-hybridized carbons (Fsp3) is 0.385. The zero-order valence-electron chi connectivity index (χ0n) is 11.2. The summed E-state index contributed by atoms with van der Waals surface area (Å²) in [5, 5.41) is 5.34. The summed E-state index contributed by atoms with van der Waals surface area (Å²) in [4.78, 5) is 24.5. The standard InChI is InChI=1S/C13H17N3O4/c1-19-8-6-14-12(17)15-10-2-4-11(5-3-10)16-7-9-20-13(16)18/h2-5H,6-9H2,1H3,(H2,14,15,17). The molecule has 0 radical (unpaired) electrons. The second kappa shape index (κ2) is 6.76. The molecule has 20 heavy (non-hydrogen) atoms. The lowest BCUT2D eigenvalue weighted by Crippen LogP contribution is -2.31. The third kappa shape index (κ3) is 3.61. The van der Waals surface area contributed by atoms with Crippen molar-refractivity contribution in [3.63, 3.8) is 0 Å². The highest BCUT2D eigenvalue weighted by Gasteiger charge is 2.23. The van der Waals surface area contributed by atoms with E-state index in [1.165, 1.54) is 0 Å². The first-order chi connectivity index (χ1) is 9.70. The van der Waals surface area contributed by atoms with Gasteiger partial charge in [-0.1, -0.05) is 0 Å². The van der Waals surface area contributed by atoms with Crippen LogP contribution in [0.4, 0.5) is 21.0 Å². The average molecular weight is 279 g/mol. The Morgan fingerprint density at radius 1 is 1.40 bits per heavy atom. The number of hydrogen-bond donors (Lipinski definition) is 2. The monoisotopic (exact) mass is 279 g/mol. The van der Waals surface area contributed by atoms with E-state index in [4.69, 9.17) is 9.47 Å². The Kier molecular flexibility index (Phi) is 4.78. The van der Waals surface area contributed by atoms with E-state index in [2.05, 4.69) is 10.6 Å². The largest absolute Gasteiger partial charge is 0.447 e. The van der Waals surface area contributed by atoms with Gasteiger partial charge in [0.1, 0.15) is 6.61 Å². The number of urea groups is 1. The fourth-order valence-electron chi connectivity index (χ4n) is 1.79. The van der Waals surface area contributed by atoms with Gasteiger partial charge in [0, 0.05) is 25.0 Å². The molecule has 1 aliphatic heterocycles. The van der Waals surface area contributed by atoms with Crippen LogP contribution in [0.25, 0.3) is 0 Å². The molecule has 108 valence electrons. The maximum absolute atomic E-state index is 11.5. The summed E-state index contributed by atoms with van der Waals surface area (Å²) in [5.41, 5.74) is 1.40. The molecule has 0 aliphatic carbocycles. The summed E-state index contributed by atoms with van der Waals surface area (Å²) in [7, 11) is 1.57. The van der Waals surface area contributed by atoms with Gasteiger partial charge in [-0.05, 0) is 24.3 Å². The van der Waals surface area contributed by atoms with Gasteiger partial charge in [0.2, 0.25) is 0 Å². The molecule has 1 fully saturated rings. The van der Waals surface area contributed by atoms with Crippen molar-refractivity contribution < 1.29 is 19.1 Å². The lowest BCUT2D eigenvalue weighted by atomic mass is 10.2. The van der Waals surface area contributed by atoms with E-state index < -0.39 is 0 Å². The Morgan fingerprint density at radius 2 is 2.15 bits per heavy atom. The number of cyclic esters (lactones) is 1. The zero-order valence-corrected chi connectivity index (χ0v) is 11.2. The molecule has 0 saturated carbocycles. The number of nitrogens with zero attached hydrogens (tertiary/aromatic N) is 1. The molecular formula is C13H17N3O4. The summed E-state index contributed by atoms with van der Waals surface area (Å²) in [6.45, 7) is 1.85. The molecule has 2 N–H and O–H groups in total. The van der Waals surface area contributed by atoms with Crippen molar-refractivity contribution in [2.45, 2.75) is 0 Å². The van der Waals surface area contributed by atoms with Crippen molar-refractivity contribution in [3.05, 3.63) is 24.3 Å². The van der Waals surface area contributed by atoms with Gasteiger partial charge < -0.3 is 20.1 Å². The quantitative estimate of drug-likeness (QED) is 0.799. The number of anilines is 2. The number of rotatable bonds is 5. The van der Waals surface area contributed by atoms with Crippen LogP contribution in [0.2, 0.25) is 0 Å².